The highest BCUT2D eigenvalue weighted by Crippen LogP contribution is 2.25. The van der Waals surface area contributed by atoms with Crippen LogP contribution in [-0.4, -0.2) is 50.0 Å². The molecule has 0 aromatic heterocycles. The van der Waals surface area contributed by atoms with Gasteiger partial charge in [0.2, 0.25) is 21.8 Å². The molecule has 0 saturated carbocycles. The van der Waals surface area contributed by atoms with Crippen LogP contribution in [0.1, 0.15) is 52.0 Å². The van der Waals surface area contributed by atoms with E-state index in [9.17, 15) is 18.0 Å². The third kappa shape index (κ3) is 9.36. The number of benzene rings is 2. The van der Waals surface area contributed by atoms with Crippen molar-refractivity contribution in [2.75, 3.05) is 17.1 Å². The smallest absolute Gasteiger partial charge is 0.243 e. The maximum Gasteiger partial charge on any atom is 0.243 e. The highest BCUT2D eigenvalue weighted by Gasteiger charge is 2.30. The van der Waals surface area contributed by atoms with Gasteiger partial charge in [-0.05, 0) is 62.1 Å². The normalized spacial score (nSPS) is 13.1. The minimum Gasteiger partial charge on any atom is -0.352 e. The molecule has 0 fully saturated rings. The third-order valence-corrected chi connectivity index (χ3v) is 8.01. The molecule has 0 heterocycles. The molecule has 2 unspecified atom stereocenters. The standard InChI is InChI=1S/C26H34Cl3N3O4S/c1-5-18(3)30-26(34)24(6-2)31(17-19-12-13-21(28)16-23(19)29)25(33)11-8-14-32(37(4,35)36)22-10-7-9-20(27)15-22/h7,9-10,12-13,15-16,18,24H,5-6,8,11,14,17H2,1-4H3,(H,30,34). The quantitative estimate of drug-likeness (QED) is 0.314. The van der Waals surface area contributed by atoms with Crippen molar-refractivity contribution in [2.45, 2.75) is 65.1 Å². The molecule has 0 bridgehead atoms. The number of anilines is 1. The molecule has 1 N–H and O–H groups in total. The lowest BCUT2D eigenvalue weighted by Crippen LogP contribution is -2.50. The average molecular weight is 591 g/mol. The van der Waals surface area contributed by atoms with Gasteiger partial charge in [0.05, 0.1) is 11.9 Å². The maximum absolute atomic E-state index is 13.5. The van der Waals surface area contributed by atoms with Crippen LogP contribution >= 0.6 is 34.8 Å². The number of nitrogens with zero attached hydrogens (tertiary/aromatic N) is 2. The molecular weight excluding hydrogens is 557 g/mol. The molecular formula is C26H34Cl3N3O4S. The Kier molecular flexibility index (Phi) is 12.0. The molecule has 2 aromatic rings. The van der Waals surface area contributed by atoms with E-state index >= 15 is 0 Å². The van der Waals surface area contributed by atoms with Crippen molar-refractivity contribution in [3.05, 3.63) is 63.1 Å². The lowest BCUT2D eigenvalue weighted by molar-refractivity contribution is -0.141. The molecule has 0 aliphatic rings. The Hall–Kier alpha value is -2.00. The van der Waals surface area contributed by atoms with Crippen molar-refractivity contribution in [2.24, 2.45) is 0 Å². The van der Waals surface area contributed by atoms with Crippen LogP contribution in [-0.2, 0) is 26.2 Å². The van der Waals surface area contributed by atoms with Crippen LogP contribution in [0.3, 0.4) is 0 Å². The molecule has 2 rings (SSSR count). The number of amides is 2. The van der Waals surface area contributed by atoms with Crippen molar-refractivity contribution >= 4 is 62.3 Å². The van der Waals surface area contributed by atoms with Crippen LogP contribution in [0.25, 0.3) is 0 Å². The van der Waals surface area contributed by atoms with Gasteiger partial charge in [0.1, 0.15) is 6.04 Å². The van der Waals surface area contributed by atoms with Gasteiger partial charge in [0, 0.05) is 40.6 Å². The van der Waals surface area contributed by atoms with Crippen LogP contribution in [0, 0.1) is 0 Å². The summed E-state index contributed by atoms with van der Waals surface area (Å²) >= 11 is 18.5. The van der Waals surface area contributed by atoms with Crippen LogP contribution in [0.15, 0.2) is 42.5 Å². The van der Waals surface area contributed by atoms with Gasteiger partial charge < -0.3 is 10.2 Å². The first-order valence-corrected chi connectivity index (χ1v) is 15.1. The van der Waals surface area contributed by atoms with Gasteiger partial charge in [-0.15, -0.1) is 0 Å². The third-order valence-electron chi connectivity index (χ3n) is 5.99. The molecule has 204 valence electrons. The topological polar surface area (TPSA) is 86.8 Å². The molecule has 37 heavy (non-hydrogen) atoms. The summed E-state index contributed by atoms with van der Waals surface area (Å²) in [5, 5.41) is 4.23. The molecule has 0 saturated heterocycles. The van der Waals surface area contributed by atoms with Crippen molar-refractivity contribution in [3.8, 4) is 0 Å². The van der Waals surface area contributed by atoms with Gasteiger partial charge >= 0.3 is 0 Å². The van der Waals surface area contributed by atoms with Crippen molar-refractivity contribution in [1.82, 2.24) is 10.2 Å². The van der Waals surface area contributed by atoms with E-state index < -0.39 is 16.1 Å². The number of carbonyl (C=O) groups is 2. The lowest BCUT2D eigenvalue weighted by Gasteiger charge is -2.32. The summed E-state index contributed by atoms with van der Waals surface area (Å²) in [4.78, 5) is 28.1. The van der Waals surface area contributed by atoms with Gasteiger partial charge in [-0.2, -0.15) is 0 Å². The van der Waals surface area contributed by atoms with E-state index in [1.54, 1.807) is 42.5 Å². The Labute approximate surface area is 235 Å². The number of rotatable bonds is 13. The molecule has 11 heteroatoms. The van der Waals surface area contributed by atoms with E-state index in [0.717, 1.165) is 12.7 Å². The second-order valence-corrected chi connectivity index (χ2v) is 12.1. The van der Waals surface area contributed by atoms with Gasteiger partial charge in [-0.3, -0.25) is 13.9 Å². The highest BCUT2D eigenvalue weighted by molar-refractivity contribution is 7.92. The van der Waals surface area contributed by atoms with Gasteiger partial charge in [0.15, 0.2) is 0 Å². The maximum atomic E-state index is 13.5. The average Bonchev–Trinajstić information content (AvgIpc) is 2.81. The molecule has 0 aliphatic carbocycles. The van der Waals surface area contributed by atoms with Crippen LogP contribution in [0.5, 0.6) is 0 Å². The summed E-state index contributed by atoms with van der Waals surface area (Å²) in [5.41, 5.74) is 1.08. The largest absolute Gasteiger partial charge is 0.352 e. The number of carbonyl (C=O) groups excluding carboxylic acids is 2. The Morgan fingerprint density at radius 2 is 1.68 bits per heavy atom. The second-order valence-electron chi connectivity index (χ2n) is 8.92. The van der Waals surface area contributed by atoms with Gasteiger partial charge in [-0.25, -0.2) is 8.42 Å². The molecule has 0 spiro atoms. The van der Waals surface area contributed by atoms with Crippen molar-refractivity contribution in [1.29, 1.82) is 0 Å². The summed E-state index contributed by atoms with van der Waals surface area (Å²) in [6.07, 6.45) is 2.54. The van der Waals surface area contributed by atoms with E-state index in [1.165, 1.54) is 9.21 Å². The zero-order chi connectivity index (χ0) is 27.8. The fourth-order valence-electron chi connectivity index (χ4n) is 3.83. The SMILES string of the molecule is CCC(C)NC(=O)C(CC)N(Cc1ccc(Cl)cc1Cl)C(=O)CCCN(c1cccc(Cl)c1)S(C)(=O)=O. The molecule has 2 atom stereocenters. The Morgan fingerprint density at radius 3 is 2.24 bits per heavy atom. The molecule has 0 radical (unpaired) electrons. The number of sulfonamides is 1. The Morgan fingerprint density at radius 1 is 1.00 bits per heavy atom. The number of hydrogen-bond acceptors (Lipinski definition) is 4. The lowest BCUT2D eigenvalue weighted by atomic mass is 10.1. The van der Waals surface area contributed by atoms with Crippen molar-refractivity contribution in [3.63, 3.8) is 0 Å². The zero-order valence-corrected chi connectivity index (χ0v) is 24.6. The number of hydrogen-bond donors (Lipinski definition) is 1. The summed E-state index contributed by atoms with van der Waals surface area (Å²) in [6.45, 7) is 5.91. The first kappa shape index (κ1) is 31.2. The fraction of sp³-hybridized carbons (Fsp3) is 0.462. The summed E-state index contributed by atoms with van der Waals surface area (Å²) in [5.74, 6) is -0.524. The van der Waals surface area contributed by atoms with E-state index in [2.05, 4.69) is 5.32 Å². The molecule has 2 aromatic carbocycles. The molecule has 7 nitrogen and oxygen atoms in total. The van der Waals surface area contributed by atoms with Crippen LogP contribution in [0.4, 0.5) is 5.69 Å². The Bertz CT molecular complexity index is 1190. The Balaban J connectivity index is 2.26. The predicted octanol–water partition coefficient (Wildman–Crippen LogP) is 5.92. The predicted molar refractivity (Wildman–Crippen MR) is 152 cm³/mol. The van der Waals surface area contributed by atoms with Crippen LogP contribution in [0.2, 0.25) is 15.1 Å². The van der Waals surface area contributed by atoms with E-state index in [0.29, 0.717) is 32.7 Å². The van der Waals surface area contributed by atoms with Gasteiger partial charge in [-0.1, -0.05) is 60.8 Å². The summed E-state index contributed by atoms with van der Waals surface area (Å²) in [6, 6.07) is 10.8. The number of nitrogens with one attached hydrogen (secondary N) is 1. The minimum atomic E-state index is -3.61. The van der Waals surface area contributed by atoms with E-state index in [1.807, 2.05) is 20.8 Å². The van der Waals surface area contributed by atoms with Crippen molar-refractivity contribution < 1.29 is 18.0 Å². The monoisotopic (exact) mass is 589 g/mol. The summed E-state index contributed by atoms with van der Waals surface area (Å²) < 4.78 is 26.1. The summed E-state index contributed by atoms with van der Waals surface area (Å²) in [7, 11) is -3.61. The molecule has 2 amide bonds. The minimum absolute atomic E-state index is 0.0326. The fourth-order valence-corrected chi connectivity index (χ4v) is 5.44. The van der Waals surface area contributed by atoms with E-state index in [-0.39, 0.29) is 43.8 Å². The second kappa shape index (κ2) is 14.2. The zero-order valence-electron chi connectivity index (χ0n) is 21.5. The first-order valence-electron chi connectivity index (χ1n) is 12.1. The van der Waals surface area contributed by atoms with Gasteiger partial charge in [0.25, 0.3) is 0 Å². The number of halogens is 3. The van der Waals surface area contributed by atoms with Crippen LogP contribution < -0.4 is 9.62 Å². The first-order chi connectivity index (χ1) is 17.4. The van der Waals surface area contributed by atoms with E-state index in [4.69, 9.17) is 34.8 Å². The highest BCUT2D eigenvalue weighted by atomic mass is 35.5. The molecule has 0 aliphatic heterocycles.